The molecule has 4 aromatic heterocycles. The van der Waals surface area contributed by atoms with Gasteiger partial charge in [0.1, 0.15) is 5.82 Å². The van der Waals surface area contributed by atoms with Crippen LogP contribution >= 0.6 is 0 Å². The van der Waals surface area contributed by atoms with Gasteiger partial charge in [-0.15, -0.1) is 0 Å². The van der Waals surface area contributed by atoms with Crippen LogP contribution in [-0.2, 0) is 0 Å². The van der Waals surface area contributed by atoms with E-state index in [0.29, 0.717) is 0 Å². The first-order valence-electron chi connectivity index (χ1n) is 16.0. The third-order valence-electron chi connectivity index (χ3n) is 9.43. The Morgan fingerprint density at radius 3 is 1.45 bits per heavy atom. The molecule has 0 unspecified atom stereocenters. The molecule has 10 rings (SSSR count). The molecule has 0 amide bonds. The fourth-order valence-electron chi connectivity index (χ4n) is 7.46. The summed E-state index contributed by atoms with van der Waals surface area (Å²) in [5, 5.41) is 4.89. The number of hydrogen-bond acceptors (Lipinski definition) is 1. The lowest BCUT2D eigenvalue weighted by Gasteiger charge is -2.11. The molecular weight excluding hydrogens is 573 g/mol. The highest BCUT2D eigenvalue weighted by Crippen LogP contribution is 2.42. The molecule has 0 saturated heterocycles. The van der Waals surface area contributed by atoms with E-state index in [9.17, 15) is 0 Å². The molecular formula is C43H28N4. The summed E-state index contributed by atoms with van der Waals surface area (Å²) >= 11 is 0. The molecule has 47 heavy (non-hydrogen) atoms. The summed E-state index contributed by atoms with van der Waals surface area (Å²) in [6.07, 6.45) is 0. The summed E-state index contributed by atoms with van der Waals surface area (Å²) in [5.74, 6) is 0.908. The van der Waals surface area contributed by atoms with E-state index in [1.807, 2.05) is 0 Å². The molecule has 0 aliphatic heterocycles. The van der Waals surface area contributed by atoms with Crippen LogP contribution in [0, 0.1) is 0 Å². The van der Waals surface area contributed by atoms with Gasteiger partial charge < -0.3 is 9.13 Å². The topological polar surface area (TPSA) is 27.7 Å². The van der Waals surface area contributed by atoms with Gasteiger partial charge in [-0.05, 0) is 60.7 Å². The standard InChI is InChI=1S/C43H28N4/c1-3-14-30(15-4-1)45-39-24-12-9-20-34(39)42-43(45)35-27-26-29(28-40(35)46(42)31-16-5-2-6-17-31)36-21-13-25-41(44-36)47-37-22-10-7-18-32(37)33-19-8-11-23-38(33)47/h1-28H. The Labute approximate surface area is 271 Å². The molecule has 4 heteroatoms. The van der Waals surface area contributed by atoms with Gasteiger partial charge in [0, 0.05) is 38.5 Å². The molecule has 10 aromatic rings. The fraction of sp³-hybridized carbons (Fsp3) is 0. The van der Waals surface area contributed by atoms with Gasteiger partial charge in [-0.25, -0.2) is 4.98 Å². The maximum Gasteiger partial charge on any atom is 0.138 e. The highest BCUT2D eigenvalue weighted by Gasteiger charge is 2.22. The Bertz CT molecular complexity index is 2730. The molecule has 0 atom stereocenters. The van der Waals surface area contributed by atoms with E-state index < -0.39 is 0 Å². The summed E-state index contributed by atoms with van der Waals surface area (Å²) in [4.78, 5) is 5.30. The monoisotopic (exact) mass is 600 g/mol. The zero-order valence-corrected chi connectivity index (χ0v) is 25.5. The minimum atomic E-state index is 0.908. The lowest BCUT2D eigenvalue weighted by molar-refractivity contribution is 1.08. The highest BCUT2D eigenvalue weighted by molar-refractivity contribution is 6.20. The number of nitrogens with zero attached hydrogens (tertiary/aromatic N) is 4. The molecule has 0 spiro atoms. The van der Waals surface area contributed by atoms with Crippen LogP contribution in [0.3, 0.4) is 0 Å². The minimum absolute atomic E-state index is 0.908. The molecule has 0 aliphatic rings. The van der Waals surface area contributed by atoms with Gasteiger partial charge in [-0.3, -0.25) is 4.57 Å². The van der Waals surface area contributed by atoms with Crippen LogP contribution in [0.15, 0.2) is 170 Å². The maximum absolute atomic E-state index is 5.30. The molecule has 0 aliphatic carbocycles. The Balaban J connectivity index is 1.25. The molecule has 0 bridgehead atoms. The van der Waals surface area contributed by atoms with Gasteiger partial charge >= 0.3 is 0 Å². The predicted octanol–water partition coefficient (Wildman–Crippen LogP) is 10.9. The largest absolute Gasteiger partial charge is 0.307 e. The Morgan fingerprint density at radius 2 is 0.830 bits per heavy atom. The van der Waals surface area contributed by atoms with Crippen LogP contribution in [0.5, 0.6) is 0 Å². The molecule has 0 radical (unpaired) electrons. The average molecular weight is 601 g/mol. The highest BCUT2D eigenvalue weighted by atomic mass is 15.1. The Kier molecular flexibility index (Phi) is 5.54. The lowest BCUT2D eigenvalue weighted by Crippen LogP contribution is -1.98. The summed E-state index contributed by atoms with van der Waals surface area (Å²) in [6, 6.07) is 60.4. The van der Waals surface area contributed by atoms with E-state index in [4.69, 9.17) is 4.98 Å². The predicted molar refractivity (Wildman–Crippen MR) is 195 cm³/mol. The average Bonchev–Trinajstić information content (AvgIpc) is 3.78. The van der Waals surface area contributed by atoms with Crippen LogP contribution in [0.1, 0.15) is 0 Å². The summed E-state index contributed by atoms with van der Waals surface area (Å²) in [7, 11) is 0. The van der Waals surface area contributed by atoms with E-state index in [1.165, 1.54) is 38.1 Å². The Hall–Kier alpha value is -6.39. The van der Waals surface area contributed by atoms with Crippen molar-refractivity contribution in [3.63, 3.8) is 0 Å². The quantitative estimate of drug-likeness (QED) is 0.197. The molecule has 0 N–H and O–H groups in total. The zero-order chi connectivity index (χ0) is 30.9. The summed E-state index contributed by atoms with van der Waals surface area (Å²) in [6.45, 7) is 0. The molecule has 0 saturated carbocycles. The van der Waals surface area contributed by atoms with Crippen LogP contribution in [-0.4, -0.2) is 18.7 Å². The smallest absolute Gasteiger partial charge is 0.138 e. The number of fused-ring (bicyclic) bond motifs is 8. The van der Waals surface area contributed by atoms with Crippen molar-refractivity contribution in [3.8, 4) is 28.5 Å². The van der Waals surface area contributed by atoms with Gasteiger partial charge in [-0.1, -0.05) is 109 Å². The van der Waals surface area contributed by atoms with Crippen molar-refractivity contribution in [3.05, 3.63) is 170 Å². The molecule has 0 fully saturated rings. The second kappa shape index (κ2) is 10.1. The van der Waals surface area contributed by atoms with Crippen LogP contribution < -0.4 is 0 Å². The molecule has 220 valence electrons. The van der Waals surface area contributed by atoms with Gasteiger partial charge in [0.2, 0.25) is 0 Å². The lowest BCUT2D eigenvalue weighted by atomic mass is 10.1. The molecule has 4 nitrogen and oxygen atoms in total. The third kappa shape index (κ3) is 3.79. The van der Waals surface area contributed by atoms with Gasteiger partial charge in [0.15, 0.2) is 0 Å². The normalized spacial score (nSPS) is 11.8. The van der Waals surface area contributed by atoms with E-state index in [0.717, 1.165) is 45.0 Å². The van der Waals surface area contributed by atoms with Crippen molar-refractivity contribution in [1.29, 1.82) is 0 Å². The fourth-order valence-corrected chi connectivity index (χ4v) is 7.46. The van der Waals surface area contributed by atoms with Crippen molar-refractivity contribution >= 4 is 54.6 Å². The van der Waals surface area contributed by atoms with Crippen molar-refractivity contribution in [1.82, 2.24) is 18.7 Å². The van der Waals surface area contributed by atoms with Crippen LogP contribution in [0.2, 0.25) is 0 Å². The zero-order valence-electron chi connectivity index (χ0n) is 25.5. The minimum Gasteiger partial charge on any atom is -0.307 e. The number of hydrogen-bond donors (Lipinski definition) is 0. The van der Waals surface area contributed by atoms with Crippen LogP contribution in [0.4, 0.5) is 0 Å². The third-order valence-corrected chi connectivity index (χ3v) is 9.43. The van der Waals surface area contributed by atoms with Crippen molar-refractivity contribution < 1.29 is 0 Å². The number of pyridine rings is 1. The Morgan fingerprint density at radius 1 is 0.340 bits per heavy atom. The number of aromatic nitrogens is 4. The number of benzene rings is 6. The van der Waals surface area contributed by atoms with Crippen molar-refractivity contribution in [2.24, 2.45) is 0 Å². The maximum atomic E-state index is 5.30. The first kappa shape index (κ1) is 25.9. The molecule has 6 aromatic carbocycles. The van der Waals surface area contributed by atoms with Crippen LogP contribution in [0.25, 0.3) is 83.1 Å². The first-order valence-corrected chi connectivity index (χ1v) is 16.0. The van der Waals surface area contributed by atoms with Gasteiger partial charge in [0.05, 0.1) is 38.8 Å². The summed E-state index contributed by atoms with van der Waals surface area (Å²) < 4.78 is 7.11. The van der Waals surface area contributed by atoms with E-state index in [2.05, 4.69) is 184 Å². The SMILES string of the molecule is c1ccc(-n2c3ccccc3c3c2c2ccc(-c4cccc(-n5c6ccccc6c6ccccc65)n4)cc2n3-c2ccccc2)cc1. The van der Waals surface area contributed by atoms with E-state index in [1.54, 1.807) is 0 Å². The van der Waals surface area contributed by atoms with E-state index in [-0.39, 0.29) is 0 Å². The van der Waals surface area contributed by atoms with Gasteiger partial charge in [0.25, 0.3) is 0 Å². The van der Waals surface area contributed by atoms with Crippen molar-refractivity contribution in [2.45, 2.75) is 0 Å². The first-order chi connectivity index (χ1) is 23.3. The number of para-hydroxylation sites is 5. The summed E-state index contributed by atoms with van der Waals surface area (Å²) in [5.41, 5.74) is 11.4. The second-order valence-electron chi connectivity index (χ2n) is 12.0. The van der Waals surface area contributed by atoms with E-state index >= 15 is 0 Å². The van der Waals surface area contributed by atoms with Crippen molar-refractivity contribution in [2.75, 3.05) is 0 Å². The molecule has 4 heterocycles. The number of rotatable bonds is 4. The van der Waals surface area contributed by atoms with Gasteiger partial charge in [-0.2, -0.15) is 0 Å². The second-order valence-corrected chi connectivity index (χ2v) is 12.0.